The summed E-state index contributed by atoms with van der Waals surface area (Å²) in [6.07, 6.45) is 0. The standard InChI is InChI=1S/C13H17N3S/c1-9-8-17-13(15-9)16(3)10(2)11-5-4-6-12(14)7-11/h4-8,10H,14H2,1-3H3. The van der Waals surface area contributed by atoms with Gasteiger partial charge >= 0.3 is 0 Å². The topological polar surface area (TPSA) is 42.1 Å². The molecule has 90 valence electrons. The molecule has 1 heterocycles. The maximum Gasteiger partial charge on any atom is 0.185 e. The first kappa shape index (κ1) is 11.9. The summed E-state index contributed by atoms with van der Waals surface area (Å²) in [4.78, 5) is 6.67. The van der Waals surface area contributed by atoms with E-state index >= 15 is 0 Å². The molecule has 3 nitrogen and oxygen atoms in total. The fraction of sp³-hybridized carbons (Fsp3) is 0.308. The van der Waals surface area contributed by atoms with E-state index in [1.807, 2.05) is 25.1 Å². The molecule has 0 aliphatic rings. The quantitative estimate of drug-likeness (QED) is 0.847. The van der Waals surface area contributed by atoms with Gasteiger partial charge in [-0.1, -0.05) is 12.1 Å². The highest BCUT2D eigenvalue weighted by Crippen LogP contribution is 2.28. The third-order valence-corrected chi connectivity index (χ3v) is 3.93. The number of anilines is 2. The van der Waals surface area contributed by atoms with Crippen molar-refractivity contribution in [1.82, 2.24) is 4.98 Å². The number of hydrogen-bond donors (Lipinski definition) is 1. The highest BCUT2D eigenvalue weighted by Gasteiger charge is 2.14. The van der Waals surface area contributed by atoms with E-state index in [2.05, 4.69) is 35.3 Å². The van der Waals surface area contributed by atoms with E-state index in [1.54, 1.807) is 11.3 Å². The number of aryl methyl sites for hydroxylation is 1. The summed E-state index contributed by atoms with van der Waals surface area (Å²) in [6, 6.07) is 8.27. The van der Waals surface area contributed by atoms with E-state index in [1.165, 1.54) is 5.56 Å². The molecule has 2 rings (SSSR count). The van der Waals surface area contributed by atoms with E-state index in [0.717, 1.165) is 16.5 Å². The van der Waals surface area contributed by atoms with Crippen molar-refractivity contribution in [1.29, 1.82) is 0 Å². The molecule has 0 saturated carbocycles. The van der Waals surface area contributed by atoms with Gasteiger partial charge in [0.05, 0.1) is 11.7 Å². The predicted octanol–water partition coefficient (Wildman–Crippen LogP) is 3.23. The van der Waals surface area contributed by atoms with Crippen molar-refractivity contribution in [3.05, 3.63) is 40.9 Å². The number of thiazole rings is 1. The number of benzene rings is 1. The summed E-state index contributed by atoms with van der Waals surface area (Å²) >= 11 is 1.67. The van der Waals surface area contributed by atoms with Crippen LogP contribution in [0.5, 0.6) is 0 Å². The highest BCUT2D eigenvalue weighted by molar-refractivity contribution is 7.13. The Morgan fingerprint density at radius 1 is 1.41 bits per heavy atom. The molecule has 1 aromatic heterocycles. The summed E-state index contributed by atoms with van der Waals surface area (Å²) in [6.45, 7) is 4.17. The Labute approximate surface area is 106 Å². The number of nitrogens with two attached hydrogens (primary N) is 1. The molecule has 0 radical (unpaired) electrons. The monoisotopic (exact) mass is 247 g/mol. The number of hydrogen-bond acceptors (Lipinski definition) is 4. The van der Waals surface area contributed by atoms with Crippen LogP contribution in [0.15, 0.2) is 29.6 Å². The summed E-state index contributed by atoms with van der Waals surface area (Å²) in [5, 5.41) is 3.11. The Kier molecular flexibility index (Phi) is 3.33. The molecule has 0 aliphatic carbocycles. The van der Waals surface area contributed by atoms with E-state index in [9.17, 15) is 0 Å². The van der Waals surface area contributed by atoms with Crippen LogP contribution in [0.4, 0.5) is 10.8 Å². The molecule has 1 aromatic carbocycles. The van der Waals surface area contributed by atoms with Crippen LogP contribution in [0.3, 0.4) is 0 Å². The summed E-state index contributed by atoms with van der Waals surface area (Å²) in [7, 11) is 2.06. The third-order valence-electron chi connectivity index (χ3n) is 2.88. The lowest BCUT2D eigenvalue weighted by molar-refractivity contribution is 0.736. The minimum atomic E-state index is 0.268. The van der Waals surface area contributed by atoms with Crippen molar-refractivity contribution in [2.75, 3.05) is 17.7 Å². The lowest BCUT2D eigenvalue weighted by Gasteiger charge is -2.24. The number of rotatable bonds is 3. The van der Waals surface area contributed by atoms with Crippen molar-refractivity contribution in [3.63, 3.8) is 0 Å². The van der Waals surface area contributed by atoms with Gasteiger partial charge in [-0.15, -0.1) is 11.3 Å². The molecule has 2 aromatic rings. The van der Waals surface area contributed by atoms with Crippen molar-refractivity contribution in [3.8, 4) is 0 Å². The maximum atomic E-state index is 5.81. The zero-order valence-electron chi connectivity index (χ0n) is 10.3. The van der Waals surface area contributed by atoms with E-state index in [-0.39, 0.29) is 6.04 Å². The van der Waals surface area contributed by atoms with Crippen LogP contribution in [-0.2, 0) is 0 Å². The van der Waals surface area contributed by atoms with Crippen LogP contribution in [0, 0.1) is 6.92 Å². The lowest BCUT2D eigenvalue weighted by Crippen LogP contribution is -2.21. The number of aromatic nitrogens is 1. The molecule has 0 aliphatic heterocycles. The second kappa shape index (κ2) is 4.75. The largest absolute Gasteiger partial charge is 0.399 e. The van der Waals surface area contributed by atoms with E-state index in [0.29, 0.717) is 0 Å². The number of nitrogens with zero attached hydrogens (tertiary/aromatic N) is 2. The Hall–Kier alpha value is -1.55. The van der Waals surface area contributed by atoms with Gasteiger partial charge < -0.3 is 10.6 Å². The van der Waals surface area contributed by atoms with Gasteiger partial charge in [-0.25, -0.2) is 4.98 Å². The van der Waals surface area contributed by atoms with Gasteiger partial charge in [0.15, 0.2) is 5.13 Å². The molecule has 1 unspecified atom stereocenters. The first-order valence-corrected chi connectivity index (χ1v) is 6.46. The Balaban J connectivity index is 2.22. The highest BCUT2D eigenvalue weighted by atomic mass is 32.1. The van der Waals surface area contributed by atoms with Crippen molar-refractivity contribution in [2.24, 2.45) is 0 Å². The van der Waals surface area contributed by atoms with Crippen molar-refractivity contribution in [2.45, 2.75) is 19.9 Å². The molecule has 1 atom stereocenters. The van der Waals surface area contributed by atoms with E-state index in [4.69, 9.17) is 5.73 Å². The van der Waals surface area contributed by atoms with Gasteiger partial charge in [0.1, 0.15) is 0 Å². The fourth-order valence-corrected chi connectivity index (χ4v) is 2.56. The first-order chi connectivity index (χ1) is 8.08. The molecule has 0 fully saturated rings. The second-order valence-electron chi connectivity index (χ2n) is 4.23. The van der Waals surface area contributed by atoms with Crippen LogP contribution in [-0.4, -0.2) is 12.0 Å². The summed E-state index contributed by atoms with van der Waals surface area (Å²) in [5.74, 6) is 0. The minimum Gasteiger partial charge on any atom is -0.399 e. The normalized spacial score (nSPS) is 12.4. The Bertz CT molecular complexity index is 507. The molecule has 0 saturated heterocycles. The SMILES string of the molecule is Cc1csc(N(C)C(C)c2cccc(N)c2)n1. The van der Waals surface area contributed by atoms with Gasteiger partial charge in [-0.3, -0.25) is 0 Å². The Morgan fingerprint density at radius 3 is 2.76 bits per heavy atom. The average Bonchev–Trinajstić information content (AvgIpc) is 2.74. The van der Waals surface area contributed by atoms with Crippen LogP contribution in [0.25, 0.3) is 0 Å². The van der Waals surface area contributed by atoms with Crippen LogP contribution < -0.4 is 10.6 Å². The number of nitrogen functional groups attached to an aromatic ring is 1. The van der Waals surface area contributed by atoms with Gasteiger partial charge in [-0.2, -0.15) is 0 Å². The molecule has 17 heavy (non-hydrogen) atoms. The smallest absolute Gasteiger partial charge is 0.185 e. The average molecular weight is 247 g/mol. The van der Waals surface area contributed by atoms with Gasteiger partial charge in [0.2, 0.25) is 0 Å². The van der Waals surface area contributed by atoms with Crippen LogP contribution in [0.1, 0.15) is 24.2 Å². The lowest BCUT2D eigenvalue weighted by atomic mass is 10.1. The molecular formula is C13H17N3S. The van der Waals surface area contributed by atoms with Crippen LogP contribution >= 0.6 is 11.3 Å². The maximum absolute atomic E-state index is 5.81. The zero-order chi connectivity index (χ0) is 12.4. The molecule has 0 amide bonds. The molecule has 0 spiro atoms. The van der Waals surface area contributed by atoms with Crippen molar-refractivity contribution < 1.29 is 0 Å². The minimum absolute atomic E-state index is 0.268. The predicted molar refractivity (Wildman–Crippen MR) is 74.5 cm³/mol. The molecule has 0 bridgehead atoms. The van der Waals surface area contributed by atoms with Crippen LogP contribution in [0.2, 0.25) is 0 Å². The molecule has 4 heteroatoms. The first-order valence-electron chi connectivity index (χ1n) is 5.58. The molecular weight excluding hydrogens is 230 g/mol. The molecule has 2 N–H and O–H groups in total. The third kappa shape index (κ3) is 2.58. The Morgan fingerprint density at radius 2 is 2.18 bits per heavy atom. The summed E-state index contributed by atoms with van der Waals surface area (Å²) in [5.41, 5.74) is 8.89. The fourth-order valence-electron chi connectivity index (χ4n) is 1.71. The van der Waals surface area contributed by atoms with E-state index < -0.39 is 0 Å². The second-order valence-corrected chi connectivity index (χ2v) is 5.07. The zero-order valence-corrected chi connectivity index (χ0v) is 11.2. The van der Waals surface area contributed by atoms with Gasteiger partial charge in [0, 0.05) is 18.1 Å². The summed E-state index contributed by atoms with van der Waals surface area (Å²) < 4.78 is 0. The van der Waals surface area contributed by atoms with Gasteiger partial charge in [0.25, 0.3) is 0 Å². The van der Waals surface area contributed by atoms with Gasteiger partial charge in [-0.05, 0) is 31.5 Å². The van der Waals surface area contributed by atoms with Crippen molar-refractivity contribution >= 4 is 22.2 Å².